The van der Waals surface area contributed by atoms with Crippen LogP contribution in [0.15, 0.2) is 230 Å². The van der Waals surface area contributed by atoms with E-state index in [1.54, 1.807) is 18.6 Å². The molecule has 0 saturated carbocycles. The summed E-state index contributed by atoms with van der Waals surface area (Å²) in [7, 11) is -3.16. The molecule has 0 fully saturated rings. The maximum Gasteiger partial charge on any atom is 0.488 e. The average Bonchev–Trinajstić information content (AvgIpc) is 4.23. The molecule has 76 heavy (non-hydrogen) atoms. The quantitative estimate of drug-likeness (QED) is 0.110. The average molecular weight is 1060 g/mol. The van der Waals surface area contributed by atoms with Crippen LogP contribution >= 0.6 is 15.9 Å². The molecule has 0 saturated heterocycles. The summed E-state index contributed by atoms with van der Waals surface area (Å²) in [5.74, 6) is 1.82. The van der Waals surface area contributed by atoms with Crippen molar-refractivity contribution in [3.63, 3.8) is 0 Å². The van der Waals surface area contributed by atoms with Gasteiger partial charge in [-0.2, -0.15) is 0 Å². The summed E-state index contributed by atoms with van der Waals surface area (Å²) >= 11 is 3.44. The second-order valence-electron chi connectivity index (χ2n) is 17.8. The van der Waals surface area contributed by atoms with Gasteiger partial charge in [-0.25, -0.2) is 15.0 Å². The lowest BCUT2D eigenvalue weighted by molar-refractivity contribution is 0.425. The van der Waals surface area contributed by atoms with Crippen LogP contribution in [0, 0.1) is 0 Å². The van der Waals surface area contributed by atoms with E-state index in [0.29, 0.717) is 17.7 Å². The van der Waals surface area contributed by atoms with E-state index in [1.807, 2.05) is 109 Å². The SMILES string of the molecule is Brc1ccc2oc(-c3ccc4ncccc4c3)nc2c1.OB(O)c1cccc(B(O)O)c1.c1cc(-c2ccc3oc(-c4ccc5ncccc5c4)nc3c2)cc(-c2ccc3oc(-c4ccc5ncccc5c4)nc3c2)c1. The summed E-state index contributed by atoms with van der Waals surface area (Å²) in [5, 5.41) is 38.1. The number of nitrogens with zero attached hydrogens (tertiary/aromatic N) is 6. The first-order valence-corrected chi connectivity index (χ1v) is 24.8. The smallest absolute Gasteiger partial charge is 0.436 e. The largest absolute Gasteiger partial charge is 0.488 e. The van der Waals surface area contributed by atoms with Gasteiger partial charge in [-0.15, -0.1) is 0 Å². The van der Waals surface area contributed by atoms with Crippen molar-refractivity contribution in [2.45, 2.75) is 0 Å². The van der Waals surface area contributed by atoms with Crippen LogP contribution in [-0.4, -0.2) is 64.2 Å². The van der Waals surface area contributed by atoms with Gasteiger partial charge < -0.3 is 33.3 Å². The Balaban J connectivity index is 0.000000149. The zero-order valence-corrected chi connectivity index (χ0v) is 41.5. The Bertz CT molecular complexity index is 4250. The van der Waals surface area contributed by atoms with Crippen molar-refractivity contribution in [1.82, 2.24) is 29.9 Å². The number of pyridine rings is 3. The van der Waals surface area contributed by atoms with Gasteiger partial charge in [0.25, 0.3) is 0 Å². The lowest BCUT2D eigenvalue weighted by Gasteiger charge is -2.06. The molecule has 6 aromatic heterocycles. The summed E-state index contributed by atoms with van der Waals surface area (Å²) in [5.41, 5.74) is 15.2. The van der Waals surface area contributed by atoms with E-state index < -0.39 is 14.2 Å². The molecule has 8 aromatic carbocycles. The van der Waals surface area contributed by atoms with Crippen molar-refractivity contribution in [3.8, 4) is 56.6 Å². The first-order valence-electron chi connectivity index (χ1n) is 24.0. The molecule has 0 bridgehead atoms. The van der Waals surface area contributed by atoms with Gasteiger partial charge in [0.05, 0.1) is 16.6 Å². The Morgan fingerprint density at radius 1 is 0.316 bits per heavy atom. The van der Waals surface area contributed by atoms with Crippen LogP contribution in [0.3, 0.4) is 0 Å². The van der Waals surface area contributed by atoms with Crippen molar-refractivity contribution in [2.75, 3.05) is 0 Å². The summed E-state index contributed by atoms with van der Waals surface area (Å²) < 4.78 is 19.1. The monoisotopic (exact) mass is 1060 g/mol. The van der Waals surface area contributed by atoms with Crippen molar-refractivity contribution < 1.29 is 33.3 Å². The Labute approximate surface area is 441 Å². The second-order valence-corrected chi connectivity index (χ2v) is 18.7. The van der Waals surface area contributed by atoms with Crippen molar-refractivity contribution in [2.24, 2.45) is 0 Å². The van der Waals surface area contributed by atoms with Gasteiger partial charge in [-0.05, 0) is 155 Å². The lowest BCUT2D eigenvalue weighted by atomic mass is 9.73. The first kappa shape index (κ1) is 47.8. The predicted octanol–water partition coefficient (Wildman–Crippen LogP) is 11.6. The van der Waals surface area contributed by atoms with Crippen LogP contribution < -0.4 is 10.9 Å². The molecular formula is C60H39B2BrN6O7. The first-order chi connectivity index (χ1) is 37.1. The molecule has 0 unspecified atom stereocenters. The summed E-state index contributed by atoms with van der Waals surface area (Å²) in [6.45, 7) is 0. The molecule has 4 N–H and O–H groups in total. The zero-order chi connectivity index (χ0) is 51.7. The Morgan fingerprint density at radius 3 is 1.11 bits per heavy atom. The second kappa shape index (κ2) is 20.6. The van der Waals surface area contributed by atoms with E-state index >= 15 is 0 Å². The highest BCUT2D eigenvalue weighted by Gasteiger charge is 2.17. The molecule has 0 radical (unpaired) electrons. The van der Waals surface area contributed by atoms with Crippen LogP contribution in [0.25, 0.3) is 123 Å². The van der Waals surface area contributed by atoms with Crippen molar-refractivity contribution in [1.29, 1.82) is 0 Å². The van der Waals surface area contributed by atoms with Gasteiger partial charge in [0.1, 0.15) is 16.6 Å². The fourth-order valence-corrected chi connectivity index (χ4v) is 9.22. The van der Waals surface area contributed by atoms with Crippen LogP contribution in [0.1, 0.15) is 0 Å². The van der Waals surface area contributed by atoms with Crippen LogP contribution in [-0.2, 0) is 0 Å². The van der Waals surface area contributed by atoms with Gasteiger partial charge in [0, 0.05) is 55.9 Å². The molecule has 0 aliphatic rings. The minimum Gasteiger partial charge on any atom is -0.436 e. The number of oxazole rings is 3. The molecule has 0 atom stereocenters. The predicted molar refractivity (Wildman–Crippen MR) is 302 cm³/mol. The summed E-state index contributed by atoms with van der Waals surface area (Å²) in [4.78, 5) is 27.3. The Morgan fingerprint density at radius 2 is 0.684 bits per heavy atom. The van der Waals surface area contributed by atoms with Crippen LogP contribution in [0.5, 0.6) is 0 Å². The topological polar surface area (TPSA) is 198 Å². The lowest BCUT2D eigenvalue weighted by Crippen LogP contribution is -2.37. The molecule has 6 heterocycles. The van der Waals surface area contributed by atoms with E-state index in [2.05, 4.69) is 96.5 Å². The molecule has 13 nitrogen and oxygen atoms in total. The fraction of sp³-hybridized carbons (Fsp3) is 0. The van der Waals surface area contributed by atoms with E-state index in [1.165, 1.54) is 24.3 Å². The molecule has 0 aliphatic heterocycles. The van der Waals surface area contributed by atoms with E-state index in [9.17, 15) is 0 Å². The van der Waals surface area contributed by atoms with Gasteiger partial charge in [-0.3, -0.25) is 15.0 Å². The maximum absolute atomic E-state index is 8.72. The minimum absolute atomic E-state index is 0.237. The van der Waals surface area contributed by atoms with Crippen LogP contribution in [0.4, 0.5) is 0 Å². The third kappa shape index (κ3) is 10.1. The third-order valence-electron chi connectivity index (χ3n) is 12.7. The van der Waals surface area contributed by atoms with Crippen molar-refractivity contribution in [3.05, 3.63) is 217 Å². The number of hydrogen-bond donors (Lipinski definition) is 4. The Hall–Kier alpha value is -9.15. The molecule has 0 aliphatic carbocycles. The number of hydrogen-bond acceptors (Lipinski definition) is 13. The highest BCUT2D eigenvalue weighted by Crippen LogP contribution is 2.34. The number of halogens is 1. The minimum atomic E-state index is -1.58. The highest BCUT2D eigenvalue weighted by molar-refractivity contribution is 9.10. The molecule has 364 valence electrons. The molecule has 14 aromatic rings. The number of fused-ring (bicyclic) bond motifs is 6. The van der Waals surface area contributed by atoms with E-state index in [4.69, 9.17) is 43.3 Å². The highest BCUT2D eigenvalue weighted by atomic mass is 79.9. The summed E-state index contributed by atoms with van der Waals surface area (Å²) in [6.07, 6.45) is 5.39. The van der Waals surface area contributed by atoms with Gasteiger partial charge in [-0.1, -0.05) is 88.7 Å². The molecule has 0 spiro atoms. The van der Waals surface area contributed by atoms with E-state index in [0.717, 1.165) is 109 Å². The Kier molecular flexibility index (Phi) is 13.0. The normalized spacial score (nSPS) is 11.2. The van der Waals surface area contributed by atoms with Gasteiger partial charge in [0.2, 0.25) is 17.7 Å². The number of rotatable bonds is 7. The van der Waals surface area contributed by atoms with Crippen molar-refractivity contribution >= 4 is 107 Å². The van der Waals surface area contributed by atoms with Gasteiger partial charge >= 0.3 is 14.2 Å². The maximum atomic E-state index is 8.72. The van der Waals surface area contributed by atoms with Gasteiger partial charge in [0.15, 0.2) is 16.7 Å². The van der Waals surface area contributed by atoms with Crippen LogP contribution in [0.2, 0.25) is 0 Å². The fourth-order valence-electron chi connectivity index (χ4n) is 8.87. The zero-order valence-electron chi connectivity index (χ0n) is 39.9. The third-order valence-corrected chi connectivity index (χ3v) is 13.2. The number of aromatic nitrogens is 6. The molecule has 0 amide bonds. The summed E-state index contributed by atoms with van der Waals surface area (Å²) in [6, 6.07) is 62.4. The standard InChI is InChI=1S/C38H22N4O2.C16H9BrN2O.C6H8B2O4/c1-4-23(25-10-14-35-33(21-25)41-37(43-35)29-8-12-31-27(19-29)6-2-16-39-31)18-24(5-1)26-11-15-36-34(22-26)42-38(44-36)30-9-13-32-28(20-30)7-3-17-40-32;17-12-4-6-15-14(9-12)19-16(20-15)11-3-5-13-10(8-11)2-1-7-18-13;9-7(10)5-2-1-3-6(4-5)8(11)12/h1-22H;1-9H;1-4,9-12H. The van der Waals surface area contributed by atoms with E-state index in [-0.39, 0.29) is 10.9 Å². The molecular weight excluding hydrogens is 1020 g/mol. The number of benzene rings is 8. The molecule has 16 heteroatoms. The molecule has 14 rings (SSSR count).